The van der Waals surface area contributed by atoms with Crippen LogP contribution in [-0.2, 0) is 10.3 Å². The van der Waals surface area contributed by atoms with Crippen LogP contribution >= 0.6 is 0 Å². The van der Waals surface area contributed by atoms with Crippen molar-refractivity contribution in [3.8, 4) is 11.5 Å². The lowest BCUT2D eigenvalue weighted by molar-refractivity contribution is -0.133. The Morgan fingerprint density at radius 3 is 2.68 bits per heavy atom. The molecule has 1 fully saturated rings. The number of para-hydroxylation sites is 2. The quantitative estimate of drug-likeness (QED) is 0.921. The number of hydrogen-bond donors (Lipinski definition) is 1. The largest absolute Gasteiger partial charge is 0.485 e. The number of amides is 1. The Hall–Kier alpha value is -2.57. The first kappa shape index (κ1) is 15.9. The number of ether oxygens (including phenoxy) is 2. The van der Waals surface area contributed by atoms with E-state index in [0.29, 0.717) is 23.2 Å². The summed E-state index contributed by atoms with van der Waals surface area (Å²) < 4.78 is 16.6. The van der Waals surface area contributed by atoms with Crippen molar-refractivity contribution in [3.63, 3.8) is 0 Å². The number of aromatic nitrogens is 2. The van der Waals surface area contributed by atoms with Crippen LogP contribution < -0.4 is 14.8 Å². The van der Waals surface area contributed by atoms with Gasteiger partial charge in [-0.2, -0.15) is 4.98 Å². The van der Waals surface area contributed by atoms with Crippen LogP contribution in [0, 0.1) is 6.92 Å². The highest BCUT2D eigenvalue weighted by Gasteiger charge is 2.42. The molecule has 0 radical (unpaired) electrons. The summed E-state index contributed by atoms with van der Waals surface area (Å²) in [5.74, 6) is 2.09. The molecule has 1 N–H and O–H groups in total. The second-order valence-electron chi connectivity index (χ2n) is 6.63. The first-order chi connectivity index (χ1) is 12.2. The molecule has 0 unspecified atom stereocenters. The molecule has 0 saturated heterocycles. The van der Waals surface area contributed by atoms with Crippen LogP contribution in [0.4, 0.5) is 0 Å². The summed E-state index contributed by atoms with van der Waals surface area (Å²) >= 11 is 0. The van der Waals surface area contributed by atoms with Gasteiger partial charge in [0.2, 0.25) is 12.0 Å². The molecule has 7 nitrogen and oxygen atoms in total. The molecule has 1 aromatic heterocycles. The van der Waals surface area contributed by atoms with Gasteiger partial charge in [0.05, 0.1) is 0 Å². The highest BCUT2D eigenvalue weighted by Crippen LogP contribution is 2.36. The maximum atomic E-state index is 12.9. The minimum Gasteiger partial charge on any atom is -0.485 e. The highest BCUT2D eigenvalue weighted by atomic mass is 16.6. The number of nitrogens with one attached hydrogen (secondary N) is 1. The number of fused-ring (bicyclic) bond motifs is 1. The monoisotopic (exact) mass is 343 g/mol. The minimum atomic E-state index is -0.693. The van der Waals surface area contributed by atoms with Gasteiger partial charge in [0.1, 0.15) is 12.1 Å². The van der Waals surface area contributed by atoms with Gasteiger partial charge in [0.15, 0.2) is 17.3 Å². The third-order valence-corrected chi connectivity index (χ3v) is 4.83. The fourth-order valence-electron chi connectivity index (χ4n) is 3.52. The number of rotatable bonds is 3. The maximum Gasteiger partial charge on any atom is 0.265 e. The lowest BCUT2D eigenvalue weighted by Gasteiger charge is -2.37. The van der Waals surface area contributed by atoms with Gasteiger partial charge in [-0.15, -0.1) is 0 Å². The molecule has 1 atom stereocenters. The highest BCUT2D eigenvalue weighted by molar-refractivity contribution is 5.82. The molecule has 1 saturated carbocycles. The number of hydrogen-bond acceptors (Lipinski definition) is 6. The second-order valence-corrected chi connectivity index (χ2v) is 6.63. The van der Waals surface area contributed by atoms with Gasteiger partial charge >= 0.3 is 0 Å². The first-order valence-corrected chi connectivity index (χ1v) is 8.68. The standard InChI is InChI=1S/C18H21N3O4/c1-12-19-17(21-25-12)18(9-5-2-6-10-18)20-16(22)15-11-23-13-7-3-4-8-14(13)24-15/h3-4,7-8,15H,2,5-6,9-11H2,1H3,(H,20,22)/t15-/m0/s1. The Kier molecular flexibility index (Phi) is 4.07. The zero-order valence-corrected chi connectivity index (χ0v) is 14.2. The Morgan fingerprint density at radius 2 is 1.96 bits per heavy atom. The van der Waals surface area contributed by atoms with Crippen molar-refractivity contribution in [3.05, 3.63) is 36.0 Å². The smallest absolute Gasteiger partial charge is 0.265 e. The van der Waals surface area contributed by atoms with Crippen LogP contribution in [0.3, 0.4) is 0 Å². The average molecular weight is 343 g/mol. The van der Waals surface area contributed by atoms with Crippen LogP contribution in [0.2, 0.25) is 0 Å². The van der Waals surface area contributed by atoms with Crippen molar-refractivity contribution in [1.82, 2.24) is 15.5 Å². The summed E-state index contributed by atoms with van der Waals surface area (Å²) in [7, 11) is 0. The van der Waals surface area contributed by atoms with E-state index in [9.17, 15) is 4.79 Å². The normalized spacial score (nSPS) is 21.6. The van der Waals surface area contributed by atoms with Crippen molar-refractivity contribution in [1.29, 1.82) is 0 Å². The molecule has 2 aliphatic rings. The van der Waals surface area contributed by atoms with Gasteiger partial charge in [0.25, 0.3) is 5.91 Å². The Morgan fingerprint density at radius 1 is 1.20 bits per heavy atom. The first-order valence-electron chi connectivity index (χ1n) is 8.68. The number of nitrogens with zero attached hydrogens (tertiary/aromatic N) is 2. The molecule has 4 rings (SSSR count). The molecular weight excluding hydrogens is 322 g/mol. The minimum absolute atomic E-state index is 0.185. The predicted octanol–water partition coefficient (Wildman–Crippen LogP) is 2.49. The SMILES string of the molecule is Cc1nc(C2(NC(=O)[C@@H]3COc4ccccc4O3)CCCCC2)no1. The summed E-state index contributed by atoms with van der Waals surface area (Å²) in [6.07, 6.45) is 4.06. The van der Waals surface area contributed by atoms with Crippen LogP contribution in [0.5, 0.6) is 11.5 Å². The van der Waals surface area contributed by atoms with Gasteiger partial charge in [-0.1, -0.05) is 36.6 Å². The lowest BCUT2D eigenvalue weighted by Crippen LogP contribution is -2.54. The fourth-order valence-corrected chi connectivity index (χ4v) is 3.52. The summed E-state index contributed by atoms with van der Waals surface area (Å²) in [5.41, 5.74) is -0.590. The number of carbonyl (C=O) groups excluding carboxylic acids is 1. The molecule has 1 amide bonds. The van der Waals surface area contributed by atoms with Crippen molar-refractivity contribution in [2.45, 2.75) is 50.7 Å². The Balaban J connectivity index is 1.53. The third-order valence-electron chi connectivity index (χ3n) is 4.83. The van der Waals surface area contributed by atoms with E-state index in [0.717, 1.165) is 32.1 Å². The van der Waals surface area contributed by atoms with E-state index in [1.807, 2.05) is 18.2 Å². The topological polar surface area (TPSA) is 86.5 Å². The van der Waals surface area contributed by atoms with Crippen LogP contribution in [0.25, 0.3) is 0 Å². The Labute approximate surface area is 145 Å². The predicted molar refractivity (Wildman–Crippen MR) is 88.3 cm³/mol. The van der Waals surface area contributed by atoms with E-state index < -0.39 is 11.6 Å². The molecule has 132 valence electrons. The van der Waals surface area contributed by atoms with E-state index in [1.165, 1.54) is 0 Å². The molecule has 0 bridgehead atoms. The summed E-state index contributed by atoms with van der Waals surface area (Å²) in [6, 6.07) is 7.35. The molecule has 1 aliphatic carbocycles. The Bertz CT molecular complexity index is 767. The number of aryl methyl sites for hydroxylation is 1. The molecule has 1 aliphatic heterocycles. The molecule has 2 heterocycles. The second kappa shape index (κ2) is 6.38. The fraction of sp³-hybridized carbons (Fsp3) is 0.500. The zero-order valence-electron chi connectivity index (χ0n) is 14.2. The van der Waals surface area contributed by atoms with E-state index in [4.69, 9.17) is 14.0 Å². The van der Waals surface area contributed by atoms with E-state index in [1.54, 1.807) is 13.0 Å². The summed E-state index contributed by atoms with van der Waals surface area (Å²) in [4.78, 5) is 17.2. The van der Waals surface area contributed by atoms with Crippen LogP contribution in [-0.4, -0.2) is 28.8 Å². The van der Waals surface area contributed by atoms with Gasteiger partial charge in [0, 0.05) is 6.92 Å². The van der Waals surface area contributed by atoms with Gasteiger partial charge in [-0.25, -0.2) is 0 Å². The molecule has 25 heavy (non-hydrogen) atoms. The van der Waals surface area contributed by atoms with Gasteiger partial charge in [-0.05, 0) is 25.0 Å². The van der Waals surface area contributed by atoms with Gasteiger partial charge in [-0.3, -0.25) is 4.79 Å². The molecule has 0 spiro atoms. The zero-order chi connectivity index (χ0) is 17.3. The molecule has 2 aromatic rings. The van der Waals surface area contributed by atoms with Gasteiger partial charge < -0.3 is 19.3 Å². The molecular formula is C18H21N3O4. The van der Waals surface area contributed by atoms with Crippen molar-refractivity contribution in [2.75, 3.05) is 6.61 Å². The van der Waals surface area contributed by atoms with E-state index in [2.05, 4.69) is 15.5 Å². The van der Waals surface area contributed by atoms with Crippen molar-refractivity contribution in [2.24, 2.45) is 0 Å². The van der Waals surface area contributed by atoms with Crippen LogP contribution in [0.1, 0.15) is 43.8 Å². The number of benzene rings is 1. The summed E-state index contributed by atoms with van der Waals surface area (Å²) in [5, 5.41) is 7.21. The number of carbonyl (C=O) groups is 1. The van der Waals surface area contributed by atoms with E-state index in [-0.39, 0.29) is 12.5 Å². The van der Waals surface area contributed by atoms with Crippen molar-refractivity contribution < 1.29 is 18.8 Å². The maximum absolute atomic E-state index is 12.9. The lowest BCUT2D eigenvalue weighted by atomic mass is 9.80. The van der Waals surface area contributed by atoms with E-state index >= 15 is 0 Å². The third kappa shape index (κ3) is 3.06. The molecule has 1 aromatic carbocycles. The van der Waals surface area contributed by atoms with Crippen LogP contribution in [0.15, 0.2) is 28.8 Å². The summed E-state index contributed by atoms with van der Waals surface area (Å²) in [6.45, 7) is 1.94. The van der Waals surface area contributed by atoms with Crippen molar-refractivity contribution >= 4 is 5.91 Å². The average Bonchev–Trinajstić information content (AvgIpc) is 3.09. The molecule has 7 heteroatoms.